The Morgan fingerprint density at radius 3 is 1.37 bits per heavy atom. The molecule has 17 rings (SSSR count). The van der Waals surface area contributed by atoms with Crippen LogP contribution in [0.15, 0.2) is 115 Å². The summed E-state index contributed by atoms with van der Waals surface area (Å²) in [5.41, 5.74) is 9.65. The molecule has 0 amide bonds. The molecule has 6 atom stereocenters. The molecular weight excluding hydrogens is 1280 g/mol. The number of benzene rings is 6. The number of likely N-dealkylation sites (tertiary alicyclic amines) is 4. The molecule has 102 heavy (non-hydrogen) atoms. The van der Waals surface area contributed by atoms with E-state index in [2.05, 4.69) is 81.1 Å². The molecule has 7 heterocycles. The van der Waals surface area contributed by atoms with Gasteiger partial charge in [-0.25, -0.2) is 8.78 Å². The monoisotopic (exact) mass is 1390 g/mol. The summed E-state index contributed by atoms with van der Waals surface area (Å²) >= 11 is 0. The SMILES string of the molecule is COc1cc(F)c(F)c(C2CCN(C3CCOCC3)CC2)c1.COc1ccc(-c2ccc3c(c2)OCO3)cc1C1CCN(C2CCOCC2)CC1.COc1ccc(C(=O)c2ccccc2)cc1C1CCN(C2C[C@H]3CCC2C3)CC1.COc1ccc(C)cc1C1CCN(C2C[C@H]3CCC2C3)CC1. The quantitative estimate of drug-likeness (QED) is 0.0912. The van der Waals surface area contributed by atoms with Gasteiger partial charge in [0.05, 0.1) is 28.4 Å². The zero-order valence-electron chi connectivity index (χ0n) is 61.5. The lowest BCUT2D eigenvalue weighted by Gasteiger charge is -2.40. The predicted octanol–water partition coefficient (Wildman–Crippen LogP) is 17.4. The summed E-state index contributed by atoms with van der Waals surface area (Å²) in [7, 11) is 6.79. The third-order valence-corrected chi connectivity index (χ3v) is 25.7. The fourth-order valence-corrected chi connectivity index (χ4v) is 20.1. The van der Waals surface area contributed by atoms with E-state index in [1.807, 2.05) is 48.5 Å². The lowest BCUT2D eigenvalue weighted by Crippen LogP contribution is -2.43. The molecule has 548 valence electrons. The lowest BCUT2D eigenvalue weighted by atomic mass is 9.85. The Morgan fingerprint density at radius 1 is 0.412 bits per heavy atom. The zero-order chi connectivity index (χ0) is 70.1. The molecule has 0 radical (unpaired) electrons. The van der Waals surface area contributed by atoms with E-state index < -0.39 is 11.6 Å². The summed E-state index contributed by atoms with van der Waals surface area (Å²) in [6.45, 7) is 15.1. The van der Waals surface area contributed by atoms with E-state index in [-0.39, 0.29) is 11.7 Å². The Hall–Kier alpha value is -6.59. The Morgan fingerprint density at radius 2 is 0.873 bits per heavy atom. The average Bonchev–Trinajstić information content (AvgIpc) is 1.51. The minimum atomic E-state index is -0.818. The van der Waals surface area contributed by atoms with Gasteiger partial charge in [0, 0.05) is 67.8 Å². The Balaban J connectivity index is 0.000000116. The Kier molecular flexibility index (Phi) is 24.2. The summed E-state index contributed by atoms with van der Waals surface area (Å²) in [6.07, 6.45) is 25.4. The number of aryl methyl sites for hydroxylation is 1. The minimum Gasteiger partial charge on any atom is -0.497 e. The number of fused-ring (bicyclic) bond motifs is 5. The van der Waals surface area contributed by atoms with Crippen LogP contribution in [0.25, 0.3) is 11.1 Å². The molecule has 4 aliphatic carbocycles. The molecule has 4 unspecified atom stereocenters. The highest BCUT2D eigenvalue weighted by Crippen LogP contribution is 2.50. The van der Waals surface area contributed by atoms with Gasteiger partial charge in [-0.3, -0.25) is 4.79 Å². The molecule has 0 spiro atoms. The maximum Gasteiger partial charge on any atom is 0.231 e. The smallest absolute Gasteiger partial charge is 0.231 e. The number of ketones is 1. The van der Waals surface area contributed by atoms with Crippen molar-refractivity contribution in [1.29, 1.82) is 0 Å². The van der Waals surface area contributed by atoms with Gasteiger partial charge in [0.15, 0.2) is 28.9 Å². The van der Waals surface area contributed by atoms with E-state index in [0.717, 1.165) is 178 Å². The summed E-state index contributed by atoms with van der Waals surface area (Å²) < 4.78 is 71.8. The van der Waals surface area contributed by atoms with Crippen LogP contribution in [-0.4, -0.2) is 164 Å². The molecule has 6 aromatic carbocycles. The van der Waals surface area contributed by atoms with Crippen molar-refractivity contribution in [2.24, 2.45) is 23.7 Å². The minimum absolute atomic E-state index is 0.0701. The van der Waals surface area contributed by atoms with Gasteiger partial charge in [-0.15, -0.1) is 0 Å². The summed E-state index contributed by atoms with van der Waals surface area (Å²) in [5.74, 6) is 9.41. The molecule has 11 aliphatic rings. The number of carbonyl (C=O) groups is 1. The van der Waals surface area contributed by atoms with E-state index >= 15 is 0 Å². The van der Waals surface area contributed by atoms with E-state index in [4.69, 9.17) is 37.9 Å². The molecule has 13 nitrogen and oxygen atoms in total. The standard InChI is InChI=1S/C26H31NO2.C24H29NO4.C20H29NO.C17H23F2NO2/c1-29-25-10-9-22(26(28)20-5-3-2-4-6-20)17-23(25)19-11-13-27(14-12-19)24-16-18-7-8-21(24)15-18;1-26-22-4-2-18(19-3-5-23-24(15-19)29-16-28-23)14-21(22)17-6-10-25(11-7-17)20-8-12-27-13-9-20;1-14-3-6-20(22-2)18(11-14)16-7-9-21(10-8-16)19-13-15-4-5-17(19)12-15;1-21-14-10-15(17(19)16(18)11-14)12-2-6-20(7-3-12)13-4-8-22-9-5-13/h2-6,9-10,17-19,21,24H,7-8,11-16H2,1H3;2-5,14-15,17,20H,6-13,16H2,1H3;3,6,11,15-17,19H,4-5,7-10,12-13H2,1-2H3;10-13H,2-9H2,1H3/t18-,21?,24?;;15-,17?,19?;/m0.0./s1. The third-order valence-electron chi connectivity index (χ3n) is 25.7. The van der Waals surface area contributed by atoms with Gasteiger partial charge in [0.25, 0.3) is 0 Å². The molecule has 0 N–H and O–H groups in total. The molecule has 0 aromatic heterocycles. The number of hydrogen-bond donors (Lipinski definition) is 0. The highest BCUT2D eigenvalue weighted by Gasteiger charge is 2.45. The van der Waals surface area contributed by atoms with Crippen LogP contribution in [-0.2, 0) is 9.47 Å². The number of piperidine rings is 4. The fourth-order valence-electron chi connectivity index (χ4n) is 20.1. The molecule has 4 saturated carbocycles. The summed E-state index contributed by atoms with van der Waals surface area (Å²) in [4.78, 5) is 23.7. The highest BCUT2D eigenvalue weighted by molar-refractivity contribution is 6.09. The van der Waals surface area contributed by atoms with Crippen molar-refractivity contribution in [3.8, 4) is 45.6 Å². The number of carbonyl (C=O) groups excluding carboxylic acids is 1. The summed E-state index contributed by atoms with van der Waals surface area (Å²) in [5, 5.41) is 0. The predicted molar refractivity (Wildman–Crippen MR) is 398 cm³/mol. The first-order valence-electron chi connectivity index (χ1n) is 39.1. The van der Waals surface area contributed by atoms with Gasteiger partial charge in [0.2, 0.25) is 6.79 Å². The van der Waals surface area contributed by atoms with Crippen LogP contribution in [0.3, 0.4) is 0 Å². The van der Waals surface area contributed by atoms with Gasteiger partial charge in [-0.1, -0.05) is 73.0 Å². The first-order valence-corrected chi connectivity index (χ1v) is 39.1. The molecule has 7 aliphatic heterocycles. The first kappa shape index (κ1) is 72.4. The van der Waals surface area contributed by atoms with E-state index in [1.54, 1.807) is 27.4 Å². The van der Waals surface area contributed by atoms with Crippen LogP contribution in [0.5, 0.6) is 34.5 Å². The van der Waals surface area contributed by atoms with Gasteiger partial charge in [-0.2, -0.15) is 0 Å². The number of methoxy groups -OCH3 is 4. The van der Waals surface area contributed by atoms with Crippen molar-refractivity contribution in [2.75, 3.05) is 114 Å². The van der Waals surface area contributed by atoms with E-state index in [0.29, 0.717) is 47.9 Å². The van der Waals surface area contributed by atoms with Crippen LogP contribution in [0, 0.1) is 42.2 Å². The first-order chi connectivity index (χ1) is 50.0. The van der Waals surface area contributed by atoms with Crippen molar-refractivity contribution < 1.29 is 51.5 Å². The van der Waals surface area contributed by atoms with Crippen molar-refractivity contribution in [2.45, 2.75) is 183 Å². The zero-order valence-corrected chi connectivity index (χ0v) is 61.5. The lowest BCUT2D eigenvalue weighted by molar-refractivity contribution is 0.0249. The van der Waals surface area contributed by atoms with Gasteiger partial charge >= 0.3 is 0 Å². The number of nitrogens with zero attached hydrogens (tertiary/aromatic N) is 4. The van der Waals surface area contributed by atoms with Crippen molar-refractivity contribution in [1.82, 2.24) is 19.6 Å². The normalized spacial score (nSPS) is 25.4. The topological polar surface area (TPSA) is 104 Å². The number of hydrogen-bond acceptors (Lipinski definition) is 13. The van der Waals surface area contributed by atoms with Crippen LogP contribution in [0.4, 0.5) is 8.78 Å². The maximum atomic E-state index is 14.1. The van der Waals surface area contributed by atoms with Gasteiger partial charge < -0.3 is 57.5 Å². The molecular formula is C87H112F2N4O9. The molecule has 6 saturated heterocycles. The van der Waals surface area contributed by atoms with Crippen molar-refractivity contribution >= 4 is 5.78 Å². The van der Waals surface area contributed by atoms with Crippen LogP contribution in [0.2, 0.25) is 0 Å². The molecule has 10 fully saturated rings. The van der Waals surface area contributed by atoms with Crippen LogP contribution < -0.4 is 28.4 Å². The van der Waals surface area contributed by atoms with E-state index in [1.165, 1.54) is 151 Å². The second-order valence-corrected chi connectivity index (χ2v) is 31.3. The van der Waals surface area contributed by atoms with Crippen molar-refractivity contribution in [3.63, 3.8) is 0 Å². The largest absolute Gasteiger partial charge is 0.497 e. The van der Waals surface area contributed by atoms with Crippen molar-refractivity contribution in [3.05, 3.63) is 166 Å². The molecule has 15 heteroatoms. The third kappa shape index (κ3) is 16.9. The number of rotatable bonds is 15. The van der Waals surface area contributed by atoms with Gasteiger partial charge in [0.1, 0.15) is 23.0 Å². The Bertz CT molecular complexity index is 3720. The van der Waals surface area contributed by atoms with Crippen LogP contribution in [0.1, 0.15) is 196 Å². The molecule has 6 aromatic rings. The second-order valence-electron chi connectivity index (χ2n) is 31.3. The second kappa shape index (κ2) is 34.1. The molecule has 4 bridgehead atoms. The maximum absolute atomic E-state index is 14.1. The van der Waals surface area contributed by atoms with Gasteiger partial charge in [-0.05, 0) is 310 Å². The Labute approximate surface area is 606 Å². The summed E-state index contributed by atoms with van der Waals surface area (Å²) in [6, 6.07) is 40.7. The van der Waals surface area contributed by atoms with Crippen LogP contribution >= 0.6 is 0 Å². The highest BCUT2D eigenvalue weighted by atomic mass is 19.2. The number of halogens is 2. The van der Waals surface area contributed by atoms with E-state index in [9.17, 15) is 13.6 Å². The fraction of sp³-hybridized carbons (Fsp3) is 0.575. The number of ether oxygens (including phenoxy) is 8. The average molecular weight is 1400 g/mol.